The van der Waals surface area contributed by atoms with Gasteiger partial charge in [0.1, 0.15) is 6.61 Å². The average Bonchev–Trinajstić information content (AvgIpc) is 3.00. The zero-order valence-corrected chi connectivity index (χ0v) is 12.8. The Kier molecular flexibility index (Phi) is 5.49. The van der Waals surface area contributed by atoms with Crippen LogP contribution in [0, 0.1) is 5.92 Å². The normalized spacial score (nSPS) is 13.7. The number of carbonyl (C=O) groups is 1. The number of carbonyl (C=O) groups excluding carboxylic acids is 1. The van der Waals surface area contributed by atoms with Crippen LogP contribution in [0.3, 0.4) is 0 Å². The van der Waals surface area contributed by atoms with Crippen LogP contribution in [0.2, 0.25) is 0 Å². The largest absolute Gasteiger partial charge is 0.461 e. The van der Waals surface area contributed by atoms with Gasteiger partial charge in [-0.2, -0.15) is 0 Å². The van der Waals surface area contributed by atoms with Crippen LogP contribution in [0.15, 0.2) is 52.1 Å². The zero-order chi connectivity index (χ0) is 14.4. The van der Waals surface area contributed by atoms with E-state index in [4.69, 9.17) is 4.74 Å². The van der Waals surface area contributed by atoms with Crippen LogP contribution in [0.1, 0.15) is 12.5 Å². The number of hydrogen-bond acceptors (Lipinski definition) is 4. The van der Waals surface area contributed by atoms with Gasteiger partial charge in [-0.3, -0.25) is 9.00 Å². The fourth-order valence-corrected chi connectivity index (χ4v) is 3.87. The van der Waals surface area contributed by atoms with Crippen molar-refractivity contribution >= 4 is 28.1 Å². The highest BCUT2D eigenvalue weighted by molar-refractivity contribution is 7.87. The predicted molar refractivity (Wildman–Crippen MR) is 81.0 cm³/mol. The molecule has 0 fully saturated rings. The van der Waals surface area contributed by atoms with Crippen LogP contribution in [0.4, 0.5) is 0 Å². The third-order valence-electron chi connectivity index (χ3n) is 2.75. The van der Waals surface area contributed by atoms with Crippen molar-refractivity contribution in [2.24, 2.45) is 5.92 Å². The smallest absolute Gasteiger partial charge is 0.309 e. The van der Waals surface area contributed by atoms with E-state index in [1.165, 1.54) is 11.3 Å². The lowest BCUT2D eigenvalue weighted by Crippen LogP contribution is -2.20. The molecule has 5 heteroatoms. The maximum Gasteiger partial charge on any atom is 0.309 e. The Morgan fingerprint density at radius 3 is 2.65 bits per heavy atom. The SMILES string of the molecule is CC(CS(=O)c1cccs1)C(=O)OCc1ccccc1. The van der Waals surface area contributed by atoms with E-state index in [1.807, 2.05) is 47.8 Å². The molecule has 20 heavy (non-hydrogen) atoms. The van der Waals surface area contributed by atoms with Crippen molar-refractivity contribution in [2.75, 3.05) is 5.75 Å². The molecule has 0 radical (unpaired) electrons. The Morgan fingerprint density at radius 1 is 1.25 bits per heavy atom. The number of ether oxygens (including phenoxy) is 1. The van der Waals surface area contributed by atoms with Gasteiger partial charge in [-0.1, -0.05) is 43.3 Å². The van der Waals surface area contributed by atoms with Crippen LogP contribution in [-0.2, 0) is 26.9 Å². The monoisotopic (exact) mass is 308 g/mol. The van der Waals surface area contributed by atoms with Gasteiger partial charge in [-0.05, 0) is 17.0 Å². The molecule has 0 amide bonds. The predicted octanol–water partition coefficient (Wildman–Crippen LogP) is 3.24. The maximum absolute atomic E-state index is 12.0. The van der Waals surface area contributed by atoms with Crippen LogP contribution in [0.25, 0.3) is 0 Å². The van der Waals surface area contributed by atoms with Gasteiger partial charge in [0.05, 0.1) is 20.9 Å². The Hall–Kier alpha value is -1.46. The van der Waals surface area contributed by atoms with Crippen LogP contribution >= 0.6 is 11.3 Å². The molecule has 0 saturated carbocycles. The minimum absolute atomic E-state index is 0.260. The molecule has 1 heterocycles. The third kappa shape index (κ3) is 4.28. The molecule has 2 unspecified atom stereocenters. The molecule has 0 aliphatic carbocycles. The molecule has 0 spiro atoms. The second-order valence-electron chi connectivity index (χ2n) is 4.44. The van der Waals surface area contributed by atoms with Gasteiger partial charge >= 0.3 is 5.97 Å². The summed E-state index contributed by atoms with van der Waals surface area (Å²) in [6.45, 7) is 2.01. The molecule has 0 aliphatic rings. The number of rotatable bonds is 6. The molecule has 106 valence electrons. The van der Waals surface area contributed by atoms with E-state index < -0.39 is 10.8 Å². The summed E-state index contributed by atoms with van der Waals surface area (Å²) >= 11 is 1.44. The molecule has 1 aromatic carbocycles. The molecular formula is C15H16O3S2. The first-order chi connectivity index (χ1) is 9.66. The summed E-state index contributed by atoms with van der Waals surface area (Å²) in [5, 5.41) is 1.88. The minimum Gasteiger partial charge on any atom is -0.461 e. The van der Waals surface area contributed by atoms with Gasteiger partial charge in [-0.25, -0.2) is 0 Å². The summed E-state index contributed by atoms with van der Waals surface area (Å²) in [6.07, 6.45) is 0. The summed E-state index contributed by atoms with van der Waals surface area (Å²) in [5.74, 6) is -0.380. The van der Waals surface area contributed by atoms with Crippen molar-refractivity contribution in [3.63, 3.8) is 0 Å². The first kappa shape index (κ1) is 14.9. The Bertz CT molecular complexity index is 564. The van der Waals surface area contributed by atoms with E-state index in [0.717, 1.165) is 9.77 Å². The molecule has 2 aromatic rings. The summed E-state index contributed by atoms with van der Waals surface area (Å²) in [7, 11) is -1.13. The maximum atomic E-state index is 12.0. The van der Waals surface area contributed by atoms with E-state index in [9.17, 15) is 9.00 Å². The molecule has 3 nitrogen and oxygen atoms in total. The fraction of sp³-hybridized carbons (Fsp3) is 0.267. The molecule has 2 atom stereocenters. The Balaban J connectivity index is 1.82. The van der Waals surface area contributed by atoms with Gasteiger partial charge in [0, 0.05) is 5.75 Å². The molecule has 0 bridgehead atoms. The number of thiophene rings is 1. The summed E-state index contributed by atoms with van der Waals surface area (Å²) in [4.78, 5) is 11.9. The highest BCUT2D eigenvalue weighted by Gasteiger charge is 2.19. The first-order valence-electron chi connectivity index (χ1n) is 6.29. The third-order valence-corrected chi connectivity index (χ3v) is 5.64. The van der Waals surface area contributed by atoms with Crippen LogP contribution < -0.4 is 0 Å². The summed E-state index contributed by atoms with van der Waals surface area (Å²) in [6, 6.07) is 13.2. The molecule has 0 aliphatic heterocycles. The van der Waals surface area contributed by atoms with Crippen molar-refractivity contribution < 1.29 is 13.7 Å². The van der Waals surface area contributed by atoms with Crippen molar-refractivity contribution in [1.29, 1.82) is 0 Å². The van der Waals surface area contributed by atoms with Gasteiger partial charge in [0.2, 0.25) is 0 Å². The second-order valence-corrected chi connectivity index (χ2v) is 7.11. The Labute approximate surface area is 125 Å². The lowest BCUT2D eigenvalue weighted by Gasteiger charge is -2.10. The van der Waals surface area contributed by atoms with Crippen molar-refractivity contribution in [3.8, 4) is 0 Å². The lowest BCUT2D eigenvalue weighted by molar-refractivity contribution is -0.148. The number of hydrogen-bond donors (Lipinski definition) is 0. The lowest BCUT2D eigenvalue weighted by atomic mass is 10.2. The van der Waals surface area contributed by atoms with E-state index >= 15 is 0 Å². The zero-order valence-electron chi connectivity index (χ0n) is 11.2. The van der Waals surface area contributed by atoms with Gasteiger partial charge in [-0.15, -0.1) is 11.3 Å². The standard InChI is InChI=1S/C15H16O3S2/c1-12(11-20(17)14-8-5-9-19-14)15(16)18-10-13-6-3-2-4-7-13/h2-9,12H,10-11H2,1H3. The molecular weight excluding hydrogens is 292 g/mol. The average molecular weight is 308 g/mol. The highest BCUT2D eigenvalue weighted by atomic mass is 32.2. The number of benzene rings is 1. The van der Waals surface area contributed by atoms with Gasteiger partial charge < -0.3 is 4.74 Å². The first-order valence-corrected chi connectivity index (χ1v) is 8.49. The highest BCUT2D eigenvalue weighted by Crippen LogP contribution is 2.16. The van der Waals surface area contributed by atoms with E-state index in [-0.39, 0.29) is 18.5 Å². The molecule has 2 rings (SSSR count). The fourth-order valence-electron chi connectivity index (χ4n) is 1.64. The second kappa shape index (κ2) is 7.36. The van der Waals surface area contributed by atoms with E-state index in [1.54, 1.807) is 6.92 Å². The Morgan fingerprint density at radius 2 is 2.00 bits per heavy atom. The summed E-state index contributed by atoms with van der Waals surface area (Å²) in [5.41, 5.74) is 0.951. The molecule has 1 aromatic heterocycles. The van der Waals surface area contributed by atoms with Crippen molar-refractivity contribution in [1.82, 2.24) is 0 Å². The van der Waals surface area contributed by atoms with E-state index in [2.05, 4.69) is 0 Å². The van der Waals surface area contributed by atoms with Crippen LogP contribution in [0.5, 0.6) is 0 Å². The van der Waals surface area contributed by atoms with Crippen LogP contribution in [-0.4, -0.2) is 15.9 Å². The molecule has 0 N–H and O–H groups in total. The van der Waals surface area contributed by atoms with Gasteiger partial charge in [0.25, 0.3) is 0 Å². The minimum atomic E-state index is -1.13. The van der Waals surface area contributed by atoms with E-state index in [0.29, 0.717) is 5.75 Å². The topological polar surface area (TPSA) is 43.4 Å². The molecule has 0 saturated heterocycles. The summed E-state index contributed by atoms with van der Waals surface area (Å²) < 4.78 is 18.0. The van der Waals surface area contributed by atoms with Crippen molar-refractivity contribution in [3.05, 3.63) is 53.4 Å². The quantitative estimate of drug-likeness (QED) is 0.770. The van der Waals surface area contributed by atoms with Crippen molar-refractivity contribution in [2.45, 2.75) is 17.7 Å². The van der Waals surface area contributed by atoms with Gasteiger partial charge in [0.15, 0.2) is 0 Å². The number of esters is 1.